The van der Waals surface area contributed by atoms with Gasteiger partial charge in [-0.2, -0.15) is 4.68 Å². The van der Waals surface area contributed by atoms with E-state index in [9.17, 15) is 0 Å². The lowest BCUT2D eigenvalue weighted by molar-refractivity contribution is 0.368. The molecule has 0 spiro atoms. The first kappa shape index (κ1) is 11.3. The van der Waals surface area contributed by atoms with Crippen LogP contribution in [0.5, 0.6) is 0 Å². The predicted octanol–water partition coefficient (Wildman–Crippen LogP) is 0.599. The van der Waals surface area contributed by atoms with Gasteiger partial charge in [-0.3, -0.25) is 0 Å². The first-order chi connectivity index (χ1) is 8.93. The molecular formula is C12H16N6. The van der Waals surface area contributed by atoms with E-state index in [1.807, 2.05) is 18.2 Å². The van der Waals surface area contributed by atoms with Crippen LogP contribution in [-0.2, 0) is 6.42 Å². The summed E-state index contributed by atoms with van der Waals surface area (Å²) in [7, 11) is 0. The normalized spacial score (nSPS) is 19.9. The molecule has 2 aromatic heterocycles. The smallest absolute Gasteiger partial charge is 0.158 e. The molecule has 0 saturated carbocycles. The molecule has 3 heterocycles. The lowest BCUT2D eigenvalue weighted by Gasteiger charge is -2.21. The maximum atomic E-state index is 4.28. The second kappa shape index (κ2) is 5.22. The van der Waals surface area contributed by atoms with Gasteiger partial charge in [0.15, 0.2) is 11.6 Å². The van der Waals surface area contributed by atoms with Crippen molar-refractivity contribution in [2.75, 3.05) is 13.1 Å². The van der Waals surface area contributed by atoms with Crippen molar-refractivity contribution in [2.24, 2.45) is 5.92 Å². The number of nitrogens with one attached hydrogen (secondary N) is 1. The third kappa shape index (κ3) is 2.38. The highest BCUT2D eigenvalue weighted by molar-refractivity contribution is 5.20. The van der Waals surface area contributed by atoms with E-state index in [1.54, 1.807) is 10.9 Å². The molecule has 0 aliphatic carbocycles. The molecule has 0 bridgehead atoms. The Hall–Kier alpha value is -1.82. The van der Waals surface area contributed by atoms with Crippen LogP contribution in [0, 0.1) is 5.92 Å². The molecule has 1 atom stereocenters. The maximum Gasteiger partial charge on any atom is 0.158 e. The van der Waals surface area contributed by atoms with Crippen LogP contribution in [0.15, 0.2) is 24.4 Å². The number of piperidine rings is 1. The molecule has 1 fully saturated rings. The molecular weight excluding hydrogens is 228 g/mol. The van der Waals surface area contributed by atoms with E-state index in [1.165, 1.54) is 12.8 Å². The molecule has 1 unspecified atom stereocenters. The first-order valence-electron chi connectivity index (χ1n) is 6.33. The zero-order valence-corrected chi connectivity index (χ0v) is 10.2. The summed E-state index contributed by atoms with van der Waals surface area (Å²) in [6.45, 7) is 2.18. The Morgan fingerprint density at radius 3 is 3.17 bits per heavy atom. The molecule has 1 N–H and O–H groups in total. The average Bonchev–Trinajstić information content (AvgIpc) is 2.89. The van der Waals surface area contributed by atoms with Gasteiger partial charge in [0.2, 0.25) is 0 Å². The Morgan fingerprint density at radius 1 is 1.39 bits per heavy atom. The monoisotopic (exact) mass is 244 g/mol. The summed E-state index contributed by atoms with van der Waals surface area (Å²) in [6, 6.07) is 5.74. The highest BCUT2D eigenvalue weighted by Crippen LogP contribution is 2.15. The van der Waals surface area contributed by atoms with Crippen molar-refractivity contribution >= 4 is 0 Å². The highest BCUT2D eigenvalue weighted by Gasteiger charge is 2.18. The molecule has 2 aromatic rings. The van der Waals surface area contributed by atoms with Gasteiger partial charge in [-0.15, -0.1) is 5.10 Å². The van der Waals surface area contributed by atoms with Gasteiger partial charge in [-0.05, 0) is 54.4 Å². The SMILES string of the molecule is c1ccc(-n2nnnc2CC2CCCNC2)nc1. The van der Waals surface area contributed by atoms with Gasteiger partial charge in [0.1, 0.15) is 0 Å². The van der Waals surface area contributed by atoms with Gasteiger partial charge in [-0.1, -0.05) is 6.07 Å². The summed E-state index contributed by atoms with van der Waals surface area (Å²) >= 11 is 0. The van der Waals surface area contributed by atoms with E-state index in [0.717, 1.165) is 31.2 Å². The number of rotatable bonds is 3. The minimum atomic E-state index is 0.618. The van der Waals surface area contributed by atoms with Crippen LogP contribution in [-0.4, -0.2) is 38.3 Å². The molecule has 6 heteroatoms. The lowest BCUT2D eigenvalue weighted by Crippen LogP contribution is -2.31. The molecule has 94 valence electrons. The molecule has 1 saturated heterocycles. The molecule has 1 aliphatic heterocycles. The van der Waals surface area contributed by atoms with Crippen molar-refractivity contribution in [3.05, 3.63) is 30.2 Å². The number of hydrogen-bond donors (Lipinski definition) is 1. The van der Waals surface area contributed by atoms with Crippen LogP contribution < -0.4 is 5.32 Å². The van der Waals surface area contributed by atoms with Gasteiger partial charge < -0.3 is 5.32 Å². The molecule has 0 radical (unpaired) electrons. The van der Waals surface area contributed by atoms with E-state index in [4.69, 9.17) is 0 Å². The Morgan fingerprint density at radius 2 is 2.39 bits per heavy atom. The number of tetrazole rings is 1. The van der Waals surface area contributed by atoms with Crippen LogP contribution in [0.1, 0.15) is 18.7 Å². The van der Waals surface area contributed by atoms with Gasteiger partial charge in [0.05, 0.1) is 0 Å². The number of pyridine rings is 1. The quantitative estimate of drug-likeness (QED) is 0.856. The van der Waals surface area contributed by atoms with Gasteiger partial charge in [-0.25, -0.2) is 4.98 Å². The molecule has 3 rings (SSSR count). The van der Waals surface area contributed by atoms with E-state index in [2.05, 4.69) is 25.8 Å². The third-order valence-electron chi connectivity index (χ3n) is 3.27. The van der Waals surface area contributed by atoms with E-state index < -0.39 is 0 Å². The molecule has 6 nitrogen and oxygen atoms in total. The second-order valence-electron chi connectivity index (χ2n) is 4.61. The first-order valence-corrected chi connectivity index (χ1v) is 6.33. The summed E-state index contributed by atoms with van der Waals surface area (Å²) in [6.07, 6.45) is 5.12. The number of aromatic nitrogens is 5. The summed E-state index contributed by atoms with van der Waals surface area (Å²) in [5.74, 6) is 2.29. The fraction of sp³-hybridized carbons (Fsp3) is 0.500. The predicted molar refractivity (Wildman–Crippen MR) is 66.2 cm³/mol. The largest absolute Gasteiger partial charge is 0.316 e. The molecule has 0 amide bonds. The van der Waals surface area contributed by atoms with Crippen molar-refractivity contribution in [1.82, 2.24) is 30.5 Å². The highest BCUT2D eigenvalue weighted by atomic mass is 15.6. The minimum Gasteiger partial charge on any atom is -0.316 e. The number of hydrogen-bond acceptors (Lipinski definition) is 5. The maximum absolute atomic E-state index is 4.28. The van der Waals surface area contributed by atoms with Crippen molar-refractivity contribution < 1.29 is 0 Å². The van der Waals surface area contributed by atoms with Crippen molar-refractivity contribution in [1.29, 1.82) is 0 Å². The summed E-state index contributed by atoms with van der Waals surface area (Å²) in [5, 5.41) is 15.3. The van der Waals surface area contributed by atoms with Crippen LogP contribution in [0.4, 0.5) is 0 Å². The van der Waals surface area contributed by atoms with Gasteiger partial charge in [0.25, 0.3) is 0 Å². The molecule has 1 aliphatic rings. The average molecular weight is 244 g/mol. The fourth-order valence-corrected chi connectivity index (χ4v) is 2.35. The topological polar surface area (TPSA) is 68.5 Å². The van der Waals surface area contributed by atoms with E-state index in [0.29, 0.717) is 5.92 Å². The van der Waals surface area contributed by atoms with Crippen molar-refractivity contribution in [3.63, 3.8) is 0 Å². The fourth-order valence-electron chi connectivity index (χ4n) is 2.35. The molecule has 0 aromatic carbocycles. The summed E-state index contributed by atoms with van der Waals surface area (Å²) in [4.78, 5) is 4.28. The van der Waals surface area contributed by atoms with Crippen molar-refractivity contribution in [3.8, 4) is 5.82 Å². The summed E-state index contributed by atoms with van der Waals surface area (Å²) < 4.78 is 1.73. The zero-order valence-electron chi connectivity index (χ0n) is 10.2. The number of nitrogens with zero attached hydrogens (tertiary/aromatic N) is 5. The van der Waals surface area contributed by atoms with Crippen LogP contribution in [0.25, 0.3) is 5.82 Å². The van der Waals surface area contributed by atoms with Crippen LogP contribution >= 0.6 is 0 Å². The minimum absolute atomic E-state index is 0.618. The second-order valence-corrected chi connectivity index (χ2v) is 4.61. The summed E-state index contributed by atoms with van der Waals surface area (Å²) in [5.41, 5.74) is 0. The Labute approximate surface area is 105 Å². The van der Waals surface area contributed by atoms with E-state index >= 15 is 0 Å². The lowest BCUT2D eigenvalue weighted by atomic mass is 9.96. The Bertz CT molecular complexity index is 488. The molecule has 18 heavy (non-hydrogen) atoms. The van der Waals surface area contributed by atoms with Crippen LogP contribution in [0.3, 0.4) is 0 Å². The third-order valence-corrected chi connectivity index (χ3v) is 3.27. The van der Waals surface area contributed by atoms with E-state index in [-0.39, 0.29) is 0 Å². The Balaban J connectivity index is 1.79. The zero-order chi connectivity index (χ0) is 12.2. The van der Waals surface area contributed by atoms with Crippen LogP contribution in [0.2, 0.25) is 0 Å². The standard InChI is InChI=1S/C12H16N6/c1-2-7-14-11(5-1)18-12(15-16-17-18)8-10-4-3-6-13-9-10/h1-2,5,7,10,13H,3-4,6,8-9H2. The van der Waals surface area contributed by atoms with Gasteiger partial charge >= 0.3 is 0 Å². The van der Waals surface area contributed by atoms with Crippen molar-refractivity contribution in [2.45, 2.75) is 19.3 Å². The van der Waals surface area contributed by atoms with Gasteiger partial charge in [0, 0.05) is 12.6 Å². The Kier molecular flexibility index (Phi) is 3.27.